The summed E-state index contributed by atoms with van der Waals surface area (Å²) in [6.45, 7) is 2.40. The number of piperidine rings is 1. The van der Waals surface area contributed by atoms with E-state index < -0.39 is 16.1 Å². The summed E-state index contributed by atoms with van der Waals surface area (Å²) < 4.78 is 28.3. The van der Waals surface area contributed by atoms with Crippen molar-refractivity contribution >= 4 is 27.7 Å². The number of benzene rings is 1. The quantitative estimate of drug-likeness (QED) is 0.191. The van der Waals surface area contributed by atoms with E-state index >= 15 is 0 Å². The molecule has 14 heteroatoms. The van der Waals surface area contributed by atoms with Crippen molar-refractivity contribution in [2.24, 2.45) is 22.5 Å². The van der Waals surface area contributed by atoms with Gasteiger partial charge in [0.15, 0.2) is 0 Å². The maximum absolute atomic E-state index is 12.6. The molecule has 0 bridgehead atoms. The largest absolute Gasteiger partial charge is 0.391 e. The van der Waals surface area contributed by atoms with Crippen LogP contribution in [0.3, 0.4) is 0 Å². The third-order valence-electron chi connectivity index (χ3n) is 4.98. The summed E-state index contributed by atoms with van der Waals surface area (Å²) in [5.74, 6) is 0.100. The Hall–Kier alpha value is -1.81. The highest BCUT2D eigenvalue weighted by Crippen LogP contribution is 2.40. The first kappa shape index (κ1) is 22.9. The van der Waals surface area contributed by atoms with Crippen molar-refractivity contribution in [2.45, 2.75) is 28.7 Å². The lowest BCUT2D eigenvalue weighted by molar-refractivity contribution is 0.0974. The summed E-state index contributed by atoms with van der Waals surface area (Å²) in [5, 5.41) is 30.0. The highest BCUT2D eigenvalue weighted by Gasteiger charge is 2.32. The van der Waals surface area contributed by atoms with E-state index in [1.807, 2.05) is 4.90 Å². The monoisotopic (exact) mass is 457 g/mol. The molecule has 1 aromatic carbocycles. The average molecular weight is 458 g/mol. The van der Waals surface area contributed by atoms with E-state index in [1.54, 1.807) is 12.1 Å². The molecule has 9 N–H and O–H groups in total. The highest BCUT2D eigenvalue weighted by molar-refractivity contribution is 7.98. The number of aliphatic hydroxyl groups excluding tert-OH is 1. The number of aromatic nitrogens is 4. The van der Waals surface area contributed by atoms with Crippen LogP contribution in [0.15, 0.2) is 21.9 Å². The van der Waals surface area contributed by atoms with Crippen LogP contribution < -0.4 is 26.2 Å². The predicted octanol–water partition coefficient (Wildman–Crippen LogP) is -1.39. The summed E-state index contributed by atoms with van der Waals surface area (Å²) in [6.07, 6.45) is 0.777. The number of H-pyrrole nitrogens is 1. The van der Waals surface area contributed by atoms with Crippen LogP contribution in [0.5, 0.6) is 0 Å². The maximum Gasteiger partial charge on any atom is 0.240 e. The van der Waals surface area contributed by atoms with Gasteiger partial charge in [-0.3, -0.25) is 4.72 Å². The van der Waals surface area contributed by atoms with E-state index in [9.17, 15) is 13.5 Å². The van der Waals surface area contributed by atoms with E-state index in [-0.39, 0.29) is 22.2 Å². The van der Waals surface area contributed by atoms with E-state index in [2.05, 4.69) is 25.3 Å². The Morgan fingerprint density at radius 1 is 1.37 bits per heavy atom. The van der Waals surface area contributed by atoms with Crippen LogP contribution >= 0.6 is 11.9 Å². The topological polar surface area (TPSA) is 202 Å². The molecule has 166 valence electrons. The van der Waals surface area contributed by atoms with Crippen molar-refractivity contribution in [1.82, 2.24) is 25.3 Å². The van der Waals surface area contributed by atoms with E-state index in [1.165, 1.54) is 0 Å². The Labute approximate surface area is 179 Å². The number of nitrogens with two attached hydrogens (primary N) is 3. The number of tetrazole rings is 1. The third kappa shape index (κ3) is 5.08. The van der Waals surface area contributed by atoms with Gasteiger partial charge >= 0.3 is 0 Å². The molecule has 1 aliphatic rings. The van der Waals surface area contributed by atoms with Crippen LogP contribution in [-0.4, -0.2) is 73.0 Å². The van der Waals surface area contributed by atoms with Gasteiger partial charge in [0.2, 0.25) is 15.8 Å². The van der Waals surface area contributed by atoms with Crippen molar-refractivity contribution < 1.29 is 13.5 Å². The summed E-state index contributed by atoms with van der Waals surface area (Å²) >= 11 is 1.15. The van der Waals surface area contributed by atoms with Gasteiger partial charge in [-0.1, -0.05) is 0 Å². The second kappa shape index (κ2) is 10.00. The van der Waals surface area contributed by atoms with Gasteiger partial charge in [0.05, 0.1) is 11.7 Å². The molecular formula is C16H27N9O3S2. The summed E-state index contributed by atoms with van der Waals surface area (Å²) in [5.41, 5.74) is 12.0. The van der Waals surface area contributed by atoms with Gasteiger partial charge in [0.1, 0.15) is 4.90 Å². The second-order valence-corrected chi connectivity index (χ2v) is 9.43. The van der Waals surface area contributed by atoms with Crippen LogP contribution in [0.25, 0.3) is 11.4 Å². The van der Waals surface area contributed by atoms with Crippen molar-refractivity contribution in [2.75, 3.05) is 37.6 Å². The minimum Gasteiger partial charge on any atom is -0.391 e. The Kier molecular flexibility index (Phi) is 7.62. The van der Waals surface area contributed by atoms with Crippen LogP contribution in [0.2, 0.25) is 0 Å². The van der Waals surface area contributed by atoms with Crippen LogP contribution in [-0.2, 0) is 10.0 Å². The minimum absolute atomic E-state index is 0.00541. The maximum atomic E-state index is 12.6. The van der Waals surface area contributed by atoms with Crippen LogP contribution in [0, 0.1) is 5.92 Å². The molecule has 0 unspecified atom stereocenters. The average Bonchev–Trinajstić information content (AvgIpc) is 3.24. The smallest absolute Gasteiger partial charge is 0.240 e. The molecule has 0 radical (unpaired) electrons. The molecule has 30 heavy (non-hydrogen) atoms. The lowest BCUT2D eigenvalue weighted by atomic mass is 9.93. The standard InChI is InChI=1S/C16H27N9O3S2/c17-5-1-6-20-29-13-3-2-11(25-7-4-10(8-18)12(26)9-25)14(15(13)30(19,27)28)16-21-23-24-22-16/h2-3,10,12,20,26H,1,4-9,17-18H2,(H2,19,27,28)(H,21,22,23,24)/t10-,12-/m1/s1. The Bertz CT molecular complexity index is 940. The zero-order valence-electron chi connectivity index (χ0n) is 16.4. The Morgan fingerprint density at radius 2 is 2.17 bits per heavy atom. The predicted molar refractivity (Wildman–Crippen MR) is 114 cm³/mol. The fraction of sp³-hybridized carbons (Fsp3) is 0.562. The number of sulfonamides is 1. The number of primary sulfonamides is 1. The van der Waals surface area contributed by atoms with Crippen LogP contribution in [0.1, 0.15) is 12.8 Å². The number of hydrogen-bond acceptors (Lipinski definition) is 11. The zero-order chi connectivity index (χ0) is 21.7. The van der Waals surface area contributed by atoms with Crippen molar-refractivity contribution in [1.29, 1.82) is 0 Å². The SMILES string of the molecule is NCCCNSc1ccc(N2CC[C@H](CN)[C@H](O)C2)c(-c2nn[nH]n2)c1S(N)(=O)=O. The second-order valence-electron chi connectivity index (χ2n) is 7.00. The molecule has 2 atom stereocenters. The third-order valence-corrected chi connectivity index (χ3v) is 7.01. The van der Waals surface area contributed by atoms with Gasteiger partial charge < -0.3 is 21.5 Å². The van der Waals surface area contributed by atoms with E-state index in [0.29, 0.717) is 49.7 Å². The highest BCUT2D eigenvalue weighted by atomic mass is 32.2. The molecule has 12 nitrogen and oxygen atoms in total. The molecule has 2 aromatic rings. The molecule has 1 saturated heterocycles. The first-order valence-electron chi connectivity index (χ1n) is 9.53. The van der Waals surface area contributed by atoms with Gasteiger partial charge in [-0.05, 0) is 55.2 Å². The van der Waals surface area contributed by atoms with E-state index in [0.717, 1.165) is 18.4 Å². The molecule has 0 amide bonds. The Morgan fingerprint density at radius 3 is 2.77 bits per heavy atom. The molecule has 1 aliphatic heterocycles. The number of nitrogens with zero attached hydrogens (tertiary/aromatic N) is 4. The number of hydrogen-bond donors (Lipinski definition) is 6. The van der Waals surface area contributed by atoms with Gasteiger partial charge in [-0.15, -0.1) is 10.2 Å². The molecule has 0 saturated carbocycles. The summed E-state index contributed by atoms with van der Waals surface area (Å²) in [4.78, 5) is 2.21. The summed E-state index contributed by atoms with van der Waals surface area (Å²) in [7, 11) is -4.14. The first-order valence-corrected chi connectivity index (χ1v) is 11.9. The van der Waals surface area contributed by atoms with Gasteiger partial charge in [0.25, 0.3) is 0 Å². The molecular weight excluding hydrogens is 430 g/mol. The number of aliphatic hydroxyl groups is 1. The number of β-amino-alcohol motifs (C(OH)–C–C–N with tert-alkyl or cyclic N) is 1. The molecule has 0 aliphatic carbocycles. The molecule has 1 fully saturated rings. The van der Waals surface area contributed by atoms with Crippen LogP contribution in [0.4, 0.5) is 5.69 Å². The molecule has 0 spiro atoms. The normalized spacial score (nSPS) is 19.9. The summed E-state index contributed by atoms with van der Waals surface area (Å²) in [6, 6.07) is 3.46. The number of aromatic amines is 1. The van der Waals surface area contributed by atoms with Gasteiger partial charge in [-0.25, -0.2) is 13.6 Å². The minimum atomic E-state index is -4.14. The lowest BCUT2D eigenvalue weighted by Gasteiger charge is -2.37. The zero-order valence-corrected chi connectivity index (χ0v) is 18.0. The molecule has 2 heterocycles. The number of rotatable bonds is 9. The van der Waals surface area contributed by atoms with Crippen molar-refractivity contribution in [3.05, 3.63) is 12.1 Å². The van der Waals surface area contributed by atoms with Crippen molar-refractivity contribution in [3.63, 3.8) is 0 Å². The molecule has 1 aromatic heterocycles. The fourth-order valence-corrected chi connectivity index (χ4v) is 5.48. The lowest BCUT2D eigenvalue weighted by Crippen LogP contribution is -2.46. The fourth-order valence-electron chi connectivity index (χ4n) is 3.44. The number of anilines is 1. The van der Waals surface area contributed by atoms with Crippen molar-refractivity contribution in [3.8, 4) is 11.4 Å². The van der Waals surface area contributed by atoms with Gasteiger partial charge in [0, 0.05) is 36.1 Å². The first-order chi connectivity index (χ1) is 14.4. The van der Waals surface area contributed by atoms with E-state index in [4.69, 9.17) is 16.6 Å². The Balaban J connectivity index is 2.07. The molecule has 3 rings (SSSR count). The number of nitrogens with one attached hydrogen (secondary N) is 2. The van der Waals surface area contributed by atoms with Gasteiger partial charge in [-0.2, -0.15) is 5.21 Å².